The third kappa shape index (κ3) is 3.77. The van der Waals surface area contributed by atoms with Crippen molar-refractivity contribution in [3.05, 3.63) is 121 Å². The molecule has 0 saturated carbocycles. The van der Waals surface area contributed by atoms with E-state index in [-0.39, 0.29) is 5.82 Å². The lowest BCUT2D eigenvalue weighted by molar-refractivity contribution is 0.631. The first-order valence-electron chi connectivity index (χ1n) is 10.5. The van der Waals surface area contributed by atoms with Crippen LogP contribution < -0.4 is 10.9 Å². The highest BCUT2D eigenvalue weighted by atomic mass is 19.1. The van der Waals surface area contributed by atoms with E-state index in [1.165, 1.54) is 33.5 Å². The number of hydrogen-bond donors (Lipinski definition) is 0. The summed E-state index contributed by atoms with van der Waals surface area (Å²) in [6, 6.07) is 36.3. The first kappa shape index (κ1) is 19.3. The largest absolute Gasteiger partial charge is 0.206 e. The number of rotatable bonds is 4. The van der Waals surface area contributed by atoms with E-state index in [0.29, 0.717) is 5.56 Å². The van der Waals surface area contributed by atoms with Gasteiger partial charge >= 0.3 is 0 Å². The van der Waals surface area contributed by atoms with Crippen LogP contribution >= 0.6 is 0 Å². The van der Waals surface area contributed by atoms with E-state index in [0.717, 1.165) is 16.5 Å². The van der Waals surface area contributed by atoms with Gasteiger partial charge in [-0.05, 0) is 52.1 Å². The van der Waals surface area contributed by atoms with Crippen LogP contribution in [0.25, 0.3) is 33.0 Å². The lowest BCUT2D eigenvalue weighted by Gasteiger charge is -2.16. The summed E-state index contributed by atoms with van der Waals surface area (Å²) in [5.74, 6) is -0.207. The number of hydrogen-bond acceptors (Lipinski definition) is 0. The van der Waals surface area contributed by atoms with Crippen molar-refractivity contribution in [2.45, 2.75) is 6.92 Å². The molecule has 0 unspecified atom stereocenters. The van der Waals surface area contributed by atoms with Gasteiger partial charge in [0.05, 0.1) is 0 Å². The van der Waals surface area contributed by atoms with Crippen LogP contribution in [0.2, 0.25) is 0 Å². The van der Waals surface area contributed by atoms with Gasteiger partial charge in [0, 0.05) is 5.56 Å². The first-order valence-corrected chi connectivity index (χ1v) is 10.5. The number of fused-ring (bicyclic) bond motifs is 1. The molecule has 5 rings (SSSR count). The normalized spacial score (nSPS) is 10.9. The SMILES string of the molecule is Cc1ccccc1-c1cc2ccccc2cc1[B]c1ccccc1-c1ccccc1F. The Hall–Kier alpha value is -3.65. The molecule has 0 aromatic heterocycles. The Labute approximate surface area is 183 Å². The van der Waals surface area contributed by atoms with E-state index in [1.54, 1.807) is 6.07 Å². The maximum absolute atomic E-state index is 14.6. The van der Waals surface area contributed by atoms with Crippen LogP contribution in [0, 0.1) is 12.7 Å². The fourth-order valence-corrected chi connectivity index (χ4v) is 4.20. The Kier molecular flexibility index (Phi) is 5.13. The average molecular weight is 399 g/mol. The van der Waals surface area contributed by atoms with Crippen LogP contribution in [0.4, 0.5) is 4.39 Å². The zero-order valence-electron chi connectivity index (χ0n) is 17.3. The van der Waals surface area contributed by atoms with E-state index >= 15 is 0 Å². The van der Waals surface area contributed by atoms with Gasteiger partial charge in [-0.15, -0.1) is 0 Å². The van der Waals surface area contributed by atoms with E-state index in [2.05, 4.69) is 80.9 Å². The molecule has 0 spiro atoms. The van der Waals surface area contributed by atoms with E-state index in [4.69, 9.17) is 0 Å². The third-order valence-electron chi connectivity index (χ3n) is 5.79. The molecule has 0 heterocycles. The van der Waals surface area contributed by atoms with E-state index in [9.17, 15) is 4.39 Å². The average Bonchev–Trinajstić information content (AvgIpc) is 2.80. The monoisotopic (exact) mass is 399 g/mol. The fourth-order valence-electron chi connectivity index (χ4n) is 4.20. The second-order valence-electron chi connectivity index (χ2n) is 7.81. The summed E-state index contributed by atoms with van der Waals surface area (Å²) >= 11 is 0. The molecule has 0 saturated heterocycles. The highest BCUT2D eigenvalue weighted by Crippen LogP contribution is 2.26. The van der Waals surface area contributed by atoms with Crippen LogP contribution in [0.3, 0.4) is 0 Å². The van der Waals surface area contributed by atoms with Gasteiger partial charge in [0.15, 0.2) is 7.28 Å². The molecular formula is C29H21BF. The molecule has 0 bridgehead atoms. The van der Waals surface area contributed by atoms with Gasteiger partial charge < -0.3 is 0 Å². The van der Waals surface area contributed by atoms with Crippen molar-refractivity contribution in [1.29, 1.82) is 0 Å². The van der Waals surface area contributed by atoms with Crippen LogP contribution in [0.1, 0.15) is 5.56 Å². The van der Waals surface area contributed by atoms with Crippen molar-refractivity contribution in [3.8, 4) is 22.3 Å². The molecule has 0 atom stereocenters. The molecule has 0 N–H and O–H groups in total. The van der Waals surface area contributed by atoms with Crippen molar-refractivity contribution in [2.75, 3.05) is 0 Å². The number of halogens is 1. The molecule has 147 valence electrons. The zero-order chi connectivity index (χ0) is 21.2. The fraction of sp³-hybridized carbons (Fsp3) is 0.0345. The minimum absolute atomic E-state index is 0.207. The zero-order valence-corrected chi connectivity index (χ0v) is 17.3. The second kappa shape index (κ2) is 8.24. The van der Waals surface area contributed by atoms with Crippen molar-refractivity contribution >= 4 is 29.0 Å². The van der Waals surface area contributed by atoms with Gasteiger partial charge in [0.25, 0.3) is 0 Å². The van der Waals surface area contributed by atoms with Gasteiger partial charge in [-0.2, -0.15) is 0 Å². The van der Waals surface area contributed by atoms with Gasteiger partial charge in [-0.1, -0.05) is 108 Å². The quantitative estimate of drug-likeness (QED) is 0.312. The molecule has 0 aliphatic heterocycles. The molecule has 1 radical (unpaired) electrons. The molecular weight excluding hydrogens is 378 g/mol. The highest BCUT2D eigenvalue weighted by molar-refractivity contribution is 6.70. The standard InChI is InChI=1S/C29H21BF/c1-20-10-2-5-13-23(20)26-18-21-11-3-4-12-22(21)19-28(26)30-27-16-8-6-14-24(27)25-15-7-9-17-29(25)31/h2-19H,1H3. The summed E-state index contributed by atoms with van der Waals surface area (Å²) in [5.41, 5.74) is 7.25. The molecule has 31 heavy (non-hydrogen) atoms. The van der Waals surface area contributed by atoms with Crippen LogP contribution in [-0.2, 0) is 0 Å². The molecule has 0 fully saturated rings. The first-order chi connectivity index (χ1) is 15.2. The molecule has 0 aliphatic rings. The Morgan fingerprint density at radius 3 is 1.84 bits per heavy atom. The summed E-state index contributed by atoms with van der Waals surface area (Å²) < 4.78 is 14.6. The highest BCUT2D eigenvalue weighted by Gasteiger charge is 2.15. The van der Waals surface area contributed by atoms with Gasteiger partial charge in [-0.25, -0.2) is 4.39 Å². The van der Waals surface area contributed by atoms with Crippen molar-refractivity contribution in [1.82, 2.24) is 0 Å². The third-order valence-corrected chi connectivity index (χ3v) is 5.79. The van der Waals surface area contributed by atoms with E-state index < -0.39 is 0 Å². The minimum atomic E-state index is -0.207. The number of benzene rings is 5. The topological polar surface area (TPSA) is 0 Å². The Morgan fingerprint density at radius 2 is 1.10 bits per heavy atom. The predicted molar refractivity (Wildman–Crippen MR) is 131 cm³/mol. The summed E-state index contributed by atoms with van der Waals surface area (Å²) in [5, 5.41) is 2.40. The van der Waals surface area contributed by atoms with E-state index in [1.807, 2.05) is 30.3 Å². The predicted octanol–water partition coefficient (Wildman–Crippen LogP) is 6.28. The lowest BCUT2D eigenvalue weighted by atomic mass is 9.59. The Bertz CT molecular complexity index is 1390. The minimum Gasteiger partial charge on any atom is -0.206 e. The molecule has 5 aromatic rings. The summed E-state index contributed by atoms with van der Waals surface area (Å²) in [7, 11) is 2.18. The van der Waals surface area contributed by atoms with Crippen molar-refractivity contribution in [2.24, 2.45) is 0 Å². The Balaban J connectivity index is 1.70. The van der Waals surface area contributed by atoms with Crippen molar-refractivity contribution < 1.29 is 4.39 Å². The summed E-state index contributed by atoms with van der Waals surface area (Å²) in [4.78, 5) is 0. The molecule has 5 aromatic carbocycles. The van der Waals surface area contributed by atoms with Gasteiger partial charge in [0.2, 0.25) is 0 Å². The molecule has 2 heteroatoms. The Morgan fingerprint density at radius 1 is 0.516 bits per heavy atom. The van der Waals surface area contributed by atoms with Crippen molar-refractivity contribution in [3.63, 3.8) is 0 Å². The van der Waals surface area contributed by atoms with Crippen LogP contribution in [0.5, 0.6) is 0 Å². The molecule has 0 amide bonds. The number of aryl methyl sites for hydroxylation is 1. The lowest BCUT2D eigenvalue weighted by Crippen LogP contribution is -2.30. The van der Waals surface area contributed by atoms with Crippen LogP contribution in [-0.4, -0.2) is 7.28 Å². The maximum Gasteiger partial charge on any atom is 0.193 e. The smallest absolute Gasteiger partial charge is 0.193 e. The summed E-state index contributed by atoms with van der Waals surface area (Å²) in [6.45, 7) is 2.14. The second-order valence-corrected chi connectivity index (χ2v) is 7.81. The maximum atomic E-state index is 14.6. The van der Waals surface area contributed by atoms with Crippen LogP contribution in [0.15, 0.2) is 109 Å². The molecule has 0 aliphatic carbocycles. The molecule has 0 nitrogen and oxygen atoms in total. The van der Waals surface area contributed by atoms with Gasteiger partial charge in [-0.3, -0.25) is 0 Å². The summed E-state index contributed by atoms with van der Waals surface area (Å²) in [6.07, 6.45) is 0. The van der Waals surface area contributed by atoms with Gasteiger partial charge in [0.1, 0.15) is 5.82 Å².